The second kappa shape index (κ2) is 13.8. The number of nitro groups is 1. The van der Waals surface area contributed by atoms with Gasteiger partial charge in [-0.3, -0.25) is 19.9 Å². The molecular formula is C27H26ClF3N4O6S. The van der Waals surface area contributed by atoms with Crippen LogP contribution >= 0.6 is 11.6 Å². The normalized spacial score (nSPS) is 13.0. The number of hydrogen-bond donors (Lipinski definition) is 3. The van der Waals surface area contributed by atoms with Gasteiger partial charge in [0.05, 0.1) is 10.5 Å². The van der Waals surface area contributed by atoms with E-state index in [0.717, 1.165) is 18.1 Å². The highest BCUT2D eigenvalue weighted by atomic mass is 35.5. The van der Waals surface area contributed by atoms with Crippen molar-refractivity contribution < 1.29 is 36.4 Å². The van der Waals surface area contributed by atoms with Crippen LogP contribution in [-0.4, -0.2) is 49.4 Å². The summed E-state index contributed by atoms with van der Waals surface area (Å²) in [5.74, 6) is -1.38. The number of halogens is 4. The van der Waals surface area contributed by atoms with Crippen LogP contribution in [0.1, 0.15) is 24.5 Å². The molecule has 0 saturated carbocycles. The van der Waals surface area contributed by atoms with Crippen molar-refractivity contribution in [1.29, 1.82) is 0 Å². The molecule has 42 heavy (non-hydrogen) atoms. The number of benzene rings is 3. The van der Waals surface area contributed by atoms with E-state index in [9.17, 15) is 41.6 Å². The molecule has 3 rings (SSSR count). The molecular weight excluding hydrogens is 601 g/mol. The van der Waals surface area contributed by atoms with E-state index in [-0.39, 0.29) is 17.3 Å². The summed E-state index contributed by atoms with van der Waals surface area (Å²) in [6.07, 6.45) is -4.69. The summed E-state index contributed by atoms with van der Waals surface area (Å²) in [6.45, 7) is 1.85. The number of carboxylic acid groups (broad SMARTS) is 1. The van der Waals surface area contributed by atoms with Gasteiger partial charge < -0.3 is 10.4 Å². The van der Waals surface area contributed by atoms with Crippen LogP contribution in [0.4, 0.5) is 18.9 Å². The van der Waals surface area contributed by atoms with Crippen molar-refractivity contribution in [2.45, 2.75) is 36.9 Å². The zero-order chi connectivity index (χ0) is 31.1. The Balaban J connectivity index is 1.80. The third-order valence-electron chi connectivity index (χ3n) is 5.82. The molecule has 224 valence electrons. The molecule has 0 amide bonds. The standard InChI is InChI=1S/C27H26ClF3N4O6S/c1-2-12-32-25(16-35(38)39)33-21-5-3-4-19(14-21)18-8-6-17(7-9-18)13-23(26(36)37)34-42(40,41)24-11-10-20(28)15-22(24)27(29,30)31/h3-11,14-15,23,34H,2,12-13,16H2,1H3,(H,32,33)(H,36,37)/t23-/m0/s1. The van der Waals surface area contributed by atoms with Crippen LogP contribution in [-0.2, 0) is 27.4 Å². The maximum atomic E-state index is 13.5. The number of amidine groups is 1. The van der Waals surface area contributed by atoms with Crippen molar-refractivity contribution in [3.63, 3.8) is 0 Å². The highest BCUT2D eigenvalue weighted by molar-refractivity contribution is 7.89. The molecule has 0 heterocycles. The van der Waals surface area contributed by atoms with Gasteiger partial charge in [0, 0.05) is 22.2 Å². The Morgan fingerprint density at radius 2 is 1.79 bits per heavy atom. The van der Waals surface area contributed by atoms with Crippen molar-refractivity contribution in [2.75, 3.05) is 18.4 Å². The van der Waals surface area contributed by atoms with E-state index in [1.54, 1.807) is 48.5 Å². The zero-order valence-electron chi connectivity index (χ0n) is 22.1. The number of nitrogens with one attached hydrogen (secondary N) is 2. The number of carbonyl (C=O) groups is 1. The topological polar surface area (TPSA) is 151 Å². The van der Waals surface area contributed by atoms with E-state index in [0.29, 0.717) is 35.5 Å². The van der Waals surface area contributed by atoms with Gasteiger partial charge in [-0.15, -0.1) is 0 Å². The summed E-state index contributed by atoms with van der Waals surface area (Å²) in [4.78, 5) is 25.4. The molecule has 3 N–H and O–H groups in total. The van der Waals surface area contributed by atoms with Gasteiger partial charge in [0.15, 0.2) is 5.84 Å². The Hall–Kier alpha value is -4.01. The van der Waals surface area contributed by atoms with E-state index in [1.807, 2.05) is 11.6 Å². The number of anilines is 1. The fraction of sp³-hybridized carbons (Fsp3) is 0.259. The van der Waals surface area contributed by atoms with Crippen molar-refractivity contribution >= 4 is 39.1 Å². The van der Waals surface area contributed by atoms with Crippen LogP contribution in [0.2, 0.25) is 5.02 Å². The predicted molar refractivity (Wildman–Crippen MR) is 152 cm³/mol. The first kappa shape index (κ1) is 32.5. The second-order valence-corrected chi connectivity index (χ2v) is 11.2. The minimum atomic E-state index is -5.05. The van der Waals surface area contributed by atoms with E-state index >= 15 is 0 Å². The van der Waals surface area contributed by atoms with E-state index in [4.69, 9.17) is 11.6 Å². The highest BCUT2D eigenvalue weighted by Crippen LogP contribution is 2.36. The molecule has 0 aromatic heterocycles. The average Bonchev–Trinajstić information content (AvgIpc) is 2.91. The first-order valence-electron chi connectivity index (χ1n) is 12.4. The highest BCUT2D eigenvalue weighted by Gasteiger charge is 2.38. The summed E-state index contributed by atoms with van der Waals surface area (Å²) in [5.41, 5.74) is 0.867. The van der Waals surface area contributed by atoms with Crippen LogP contribution in [0.25, 0.3) is 11.1 Å². The Kier molecular flexibility index (Phi) is 10.7. The third kappa shape index (κ3) is 8.99. The Bertz CT molecular complexity index is 1580. The SMILES string of the molecule is CCCN=C(C[N+](=O)[O-])Nc1cccc(-c2ccc(C[C@H](NS(=O)(=O)c3ccc(Cl)cc3C(F)(F)F)C(=O)O)cc2)c1. The largest absolute Gasteiger partial charge is 0.480 e. The lowest BCUT2D eigenvalue weighted by molar-refractivity contribution is -0.463. The number of nitrogens with zero attached hydrogens (tertiary/aromatic N) is 2. The van der Waals surface area contributed by atoms with Gasteiger partial charge in [0.25, 0.3) is 6.54 Å². The van der Waals surface area contributed by atoms with Crippen LogP contribution in [0.15, 0.2) is 76.6 Å². The smallest absolute Gasteiger partial charge is 0.417 e. The van der Waals surface area contributed by atoms with Crippen molar-refractivity contribution in [3.05, 3.63) is 93.0 Å². The maximum absolute atomic E-state index is 13.5. The molecule has 1 atom stereocenters. The molecule has 0 bridgehead atoms. The van der Waals surface area contributed by atoms with Crippen LogP contribution in [0, 0.1) is 10.1 Å². The summed E-state index contributed by atoms with van der Waals surface area (Å²) < 4.78 is 67.9. The van der Waals surface area contributed by atoms with Gasteiger partial charge in [-0.1, -0.05) is 54.9 Å². The van der Waals surface area contributed by atoms with Crippen molar-refractivity contribution in [1.82, 2.24) is 4.72 Å². The van der Waals surface area contributed by atoms with Gasteiger partial charge >= 0.3 is 12.1 Å². The summed E-state index contributed by atoms with van der Waals surface area (Å²) in [5, 5.41) is 23.2. The molecule has 3 aromatic carbocycles. The van der Waals surface area contributed by atoms with Gasteiger partial charge in [-0.2, -0.15) is 17.9 Å². The monoisotopic (exact) mass is 626 g/mol. The first-order chi connectivity index (χ1) is 19.7. The van der Waals surface area contributed by atoms with Crippen molar-refractivity contribution in [2.24, 2.45) is 4.99 Å². The lowest BCUT2D eigenvalue weighted by Gasteiger charge is -2.18. The van der Waals surface area contributed by atoms with E-state index in [2.05, 4.69) is 10.3 Å². The molecule has 15 heteroatoms. The van der Waals surface area contributed by atoms with Crippen molar-refractivity contribution in [3.8, 4) is 11.1 Å². The molecule has 0 fully saturated rings. The first-order valence-corrected chi connectivity index (χ1v) is 14.3. The zero-order valence-corrected chi connectivity index (χ0v) is 23.6. The Morgan fingerprint density at radius 3 is 2.38 bits per heavy atom. The molecule has 0 aliphatic heterocycles. The summed E-state index contributed by atoms with van der Waals surface area (Å²) in [6, 6.07) is 13.7. The molecule has 10 nitrogen and oxygen atoms in total. The molecule has 3 aromatic rings. The Morgan fingerprint density at radius 1 is 1.10 bits per heavy atom. The van der Waals surface area contributed by atoms with Crippen LogP contribution in [0.3, 0.4) is 0 Å². The number of rotatable bonds is 12. The van der Waals surface area contributed by atoms with Gasteiger partial charge in [-0.05, 0) is 59.9 Å². The predicted octanol–water partition coefficient (Wildman–Crippen LogP) is 5.50. The fourth-order valence-electron chi connectivity index (χ4n) is 3.90. The quantitative estimate of drug-likeness (QED) is 0.104. The van der Waals surface area contributed by atoms with E-state index < -0.39 is 50.1 Å². The lowest BCUT2D eigenvalue weighted by Crippen LogP contribution is -2.42. The Labute approximate surface area is 244 Å². The summed E-state index contributed by atoms with van der Waals surface area (Å²) in [7, 11) is -4.90. The molecule has 0 aliphatic carbocycles. The third-order valence-corrected chi connectivity index (χ3v) is 7.58. The number of aliphatic carboxylic acids is 1. The van der Waals surface area contributed by atoms with Crippen LogP contribution in [0.5, 0.6) is 0 Å². The molecule has 0 spiro atoms. The fourth-order valence-corrected chi connectivity index (χ4v) is 5.47. The van der Waals surface area contributed by atoms with Gasteiger partial charge in [0.2, 0.25) is 10.0 Å². The van der Waals surface area contributed by atoms with Gasteiger partial charge in [0.1, 0.15) is 6.04 Å². The minimum absolute atomic E-state index is 0.206. The number of sulfonamides is 1. The average molecular weight is 627 g/mol. The second-order valence-electron chi connectivity index (χ2n) is 9.08. The van der Waals surface area contributed by atoms with E-state index in [1.165, 1.54) is 0 Å². The molecule has 0 unspecified atom stereocenters. The number of alkyl halides is 3. The molecule has 0 saturated heterocycles. The lowest BCUT2D eigenvalue weighted by atomic mass is 10.0. The van der Waals surface area contributed by atoms with Gasteiger partial charge in [-0.25, -0.2) is 8.42 Å². The number of carboxylic acids is 1. The maximum Gasteiger partial charge on any atom is 0.417 e. The molecule has 0 aliphatic rings. The van der Waals surface area contributed by atoms with Crippen LogP contribution < -0.4 is 10.0 Å². The summed E-state index contributed by atoms with van der Waals surface area (Å²) >= 11 is 5.62. The number of aliphatic imine (C=N–C) groups is 1. The molecule has 0 radical (unpaired) electrons. The minimum Gasteiger partial charge on any atom is -0.480 e. The number of hydrogen-bond acceptors (Lipinski definition) is 6.